The highest BCUT2D eigenvalue weighted by atomic mass is 15.4. The molecule has 2 aromatic rings. The molecule has 1 aliphatic carbocycles. The van der Waals surface area contributed by atoms with Gasteiger partial charge in [-0.15, -0.1) is 0 Å². The van der Waals surface area contributed by atoms with Crippen LogP contribution in [0.4, 0.5) is 5.82 Å². The molecule has 2 unspecified atom stereocenters. The smallest absolute Gasteiger partial charge is 0.125 e. The Balaban J connectivity index is 1.74. The van der Waals surface area contributed by atoms with Gasteiger partial charge in [0.05, 0.1) is 11.7 Å². The number of aryl methyl sites for hydroxylation is 1. The average Bonchev–Trinajstić information content (AvgIpc) is 3.04. The maximum absolute atomic E-state index is 4.85. The summed E-state index contributed by atoms with van der Waals surface area (Å²) in [5, 5.41) is 8.38. The number of rotatable bonds is 1. The summed E-state index contributed by atoms with van der Waals surface area (Å²) in [6, 6.07) is 11.4. The number of nitrogens with zero attached hydrogens (tertiary/aromatic N) is 2. The minimum Gasteiger partial charge on any atom is -0.370 e. The molecule has 98 valence electrons. The Labute approximate surface area is 113 Å². The molecule has 1 aromatic heterocycles. The standard InChI is InChI=1S/C16H19N3/c1-11-5-7-12(8-6-11)14-9-16-17-10-13-3-2-4-15(13)19(16)18-14/h5-9,13,15,17H,2-4,10H2,1H3. The van der Waals surface area contributed by atoms with Crippen molar-refractivity contribution in [2.45, 2.75) is 32.2 Å². The summed E-state index contributed by atoms with van der Waals surface area (Å²) in [6.07, 6.45) is 3.97. The van der Waals surface area contributed by atoms with E-state index >= 15 is 0 Å². The molecule has 2 heterocycles. The lowest BCUT2D eigenvalue weighted by Crippen LogP contribution is -2.29. The second kappa shape index (κ2) is 4.12. The van der Waals surface area contributed by atoms with E-state index in [0.717, 1.165) is 18.2 Å². The van der Waals surface area contributed by atoms with Gasteiger partial charge >= 0.3 is 0 Å². The summed E-state index contributed by atoms with van der Waals surface area (Å²) in [5.41, 5.74) is 3.60. The summed E-state index contributed by atoms with van der Waals surface area (Å²) in [6.45, 7) is 3.23. The van der Waals surface area contributed by atoms with Crippen molar-refractivity contribution in [2.24, 2.45) is 5.92 Å². The second-order valence-corrected chi connectivity index (χ2v) is 5.86. The number of aromatic nitrogens is 2. The van der Waals surface area contributed by atoms with Crippen LogP contribution < -0.4 is 5.32 Å². The molecule has 2 atom stereocenters. The molecule has 0 spiro atoms. The van der Waals surface area contributed by atoms with Crippen LogP contribution >= 0.6 is 0 Å². The molecule has 0 bridgehead atoms. The number of fused-ring (bicyclic) bond motifs is 3. The molecule has 1 N–H and O–H groups in total. The maximum Gasteiger partial charge on any atom is 0.125 e. The van der Waals surface area contributed by atoms with Crippen LogP contribution in [0.5, 0.6) is 0 Å². The SMILES string of the molecule is Cc1ccc(-c2cc3n(n2)C2CCCC2CN3)cc1. The molecule has 1 saturated carbocycles. The van der Waals surface area contributed by atoms with Crippen LogP contribution in [-0.4, -0.2) is 16.3 Å². The van der Waals surface area contributed by atoms with Crippen molar-refractivity contribution in [3.63, 3.8) is 0 Å². The number of anilines is 1. The molecule has 1 fully saturated rings. The van der Waals surface area contributed by atoms with E-state index in [2.05, 4.69) is 47.3 Å². The quantitative estimate of drug-likeness (QED) is 0.841. The lowest BCUT2D eigenvalue weighted by molar-refractivity contribution is 0.348. The molecule has 2 aliphatic rings. The zero-order valence-corrected chi connectivity index (χ0v) is 11.3. The minimum atomic E-state index is 0.621. The first-order valence-electron chi connectivity index (χ1n) is 7.22. The van der Waals surface area contributed by atoms with Crippen LogP contribution in [0.3, 0.4) is 0 Å². The highest BCUT2D eigenvalue weighted by molar-refractivity contribution is 5.63. The first-order chi connectivity index (χ1) is 9.31. The minimum absolute atomic E-state index is 0.621. The van der Waals surface area contributed by atoms with Crippen LogP contribution in [-0.2, 0) is 0 Å². The summed E-state index contributed by atoms with van der Waals surface area (Å²) in [4.78, 5) is 0. The highest BCUT2D eigenvalue weighted by Crippen LogP contribution is 2.41. The van der Waals surface area contributed by atoms with Crippen LogP contribution in [0.2, 0.25) is 0 Å². The Bertz CT molecular complexity index is 597. The molecule has 3 heteroatoms. The molecule has 1 aromatic carbocycles. The fourth-order valence-corrected chi connectivity index (χ4v) is 3.46. The van der Waals surface area contributed by atoms with E-state index < -0.39 is 0 Å². The molecule has 3 nitrogen and oxygen atoms in total. The number of benzene rings is 1. The lowest BCUT2D eigenvalue weighted by atomic mass is 10.0. The topological polar surface area (TPSA) is 29.9 Å². The van der Waals surface area contributed by atoms with Gasteiger partial charge in [0.2, 0.25) is 0 Å². The summed E-state index contributed by atoms with van der Waals surface area (Å²) in [5.74, 6) is 1.97. The Morgan fingerprint density at radius 1 is 1.21 bits per heavy atom. The molecular weight excluding hydrogens is 234 g/mol. The Hall–Kier alpha value is -1.77. The third-order valence-corrected chi connectivity index (χ3v) is 4.56. The van der Waals surface area contributed by atoms with Crippen LogP contribution in [0.15, 0.2) is 30.3 Å². The van der Waals surface area contributed by atoms with Gasteiger partial charge in [0.1, 0.15) is 5.82 Å². The van der Waals surface area contributed by atoms with Crippen molar-refractivity contribution in [1.29, 1.82) is 0 Å². The van der Waals surface area contributed by atoms with Crippen molar-refractivity contribution < 1.29 is 0 Å². The van der Waals surface area contributed by atoms with Gasteiger partial charge in [0, 0.05) is 18.2 Å². The van der Waals surface area contributed by atoms with Crippen LogP contribution in [0.1, 0.15) is 30.9 Å². The normalized spacial score (nSPS) is 24.7. The van der Waals surface area contributed by atoms with Gasteiger partial charge in [-0.05, 0) is 25.7 Å². The Morgan fingerprint density at radius 2 is 2.05 bits per heavy atom. The predicted molar refractivity (Wildman–Crippen MR) is 77.3 cm³/mol. The van der Waals surface area contributed by atoms with Crippen molar-refractivity contribution in [3.05, 3.63) is 35.9 Å². The molecule has 0 amide bonds. The molecular formula is C16H19N3. The van der Waals surface area contributed by atoms with Crippen molar-refractivity contribution in [2.75, 3.05) is 11.9 Å². The molecule has 19 heavy (non-hydrogen) atoms. The van der Waals surface area contributed by atoms with E-state index in [1.807, 2.05) is 0 Å². The zero-order chi connectivity index (χ0) is 12.8. The van der Waals surface area contributed by atoms with Gasteiger partial charge in [-0.25, -0.2) is 4.68 Å². The van der Waals surface area contributed by atoms with Crippen LogP contribution in [0, 0.1) is 12.8 Å². The van der Waals surface area contributed by atoms with E-state index in [4.69, 9.17) is 5.10 Å². The fraction of sp³-hybridized carbons (Fsp3) is 0.438. The fourth-order valence-electron chi connectivity index (χ4n) is 3.46. The zero-order valence-electron chi connectivity index (χ0n) is 11.3. The molecule has 4 rings (SSSR count). The van der Waals surface area contributed by atoms with Crippen molar-refractivity contribution in [1.82, 2.24) is 9.78 Å². The van der Waals surface area contributed by atoms with Crippen LogP contribution in [0.25, 0.3) is 11.3 Å². The van der Waals surface area contributed by atoms with E-state index in [1.54, 1.807) is 0 Å². The van der Waals surface area contributed by atoms with E-state index in [9.17, 15) is 0 Å². The van der Waals surface area contributed by atoms with E-state index in [1.165, 1.54) is 36.2 Å². The van der Waals surface area contributed by atoms with Gasteiger partial charge in [-0.1, -0.05) is 36.2 Å². The van der Waals surface area contributed by atoms with Crippen molar-refractivity contribution >= 4 is 5.82 Å². The predicted octanol–water partition coefficient (Wildman–Crippen LogP) is 3.63. The van der Waals surface area contributed by atoms with Gasteiger partial charge in [0.25, 0.3) is 0 Å². The first kappa shape index (κ1) is 11.1. The third kappa shape index (κ3) is 1.76. The summed E-state index contributed by atoms with van der Waals surface area (Å²) >= 11 is 0. The number of nitrogens with one attached hydrogen (secondary N) is 1. The molecule has 1 aliphatic heterocycles. The van der Waals surface area contributed by atoms with Gasteiger partial charge in [0.15, 0.2) is 0 Å². The Morgan fingerprint density at radius 3 is 2.89 bits per heavy atom. The summed E-state index contributed by atoms with van der Waals surface area (Å²) < 4.78 is 2.23. The molecule has 0 radical (unpaired) electrons. The summed E-state index contributed by atoms with van der Waals surface area (Å²) in [7, 11) is 0. The van der Waals surface area contributed by atoms with E-state index in [0.29, 0.717) is 6.04 Å². The Kier molecular flexibility index (Phi) is 2.40. The average molecular weight is 253 g/mol. The van der Waals surface area contributed by atoms with Gasteiger partial charge in [-0.2, -0.15) is 5.10 Å². The second-order valence-electron chi connectivity index (χ2n) is 5.86. The van der Waals surface area contributed by atoms with Crippen molar-refractivity contribution in [3.8, 4) is 11.3 Å². The number of hydrogen-bond acceptors (Lipinski definition) is 2. The number of hydrogen-bond donors (Lipinski definition) is 1. The van der Waals surface area contributed by atoms with Gasteiger partial charge in [-0.3, -0.25) is 0 Å². The van der Waals surface area contributed by atoms with E-state index in [-0.39, 0.29) is 0 Å². The largest absolute Gasteiger partial charge is 0.370 e. The maximum atomic E-state index is 4.85. The highest BCUT2D eigenvalue weighted by Gasteiger charge is 2.34. The third-order valence-electron chi connectivity index (χ3n) is 4.56. The first-order valence-corrected chi connectivity index (χ1v) is 7.22. The monoisotopic (exact) mass is 253 g/mol. The lowest BCUT2D eigenvalue weighted by Gasteiger charge is -2.28. The molecule has 0 saturated heterocycles. The van der Waals surface area contributed by atoms with Gasteiger partial charge < -0.3 is 5.32 Å².